The van der Waals surface area contributed by atoms with Crippen LogP contribution in [0.1, 0.15) is 11.1 Å². The molecule has 1 aromatic carbocycles. The van der Waals surface area contributed by atoms with E-state index in [9.17, 15) is 0 Å². The fourth-order valence-electron chi connectivity index (χ4n) is 2.40. The van der Waals surface area contributed by atoms with E-state index in [0.29, 0.717) is 6.54 Å². The summed E-state index contributed by atoms with van der Waals surface area (Å²) in [5.74, 6) is 0. The van der Waals surface area contributed by atoms with Crippen molar-refractivity contribution in [3.05, 3.63) is 66.1 Å². The highest BCUT2D eigenvalue weighted by Gasteiger charge is 2.03. The van der Waals surface area contributed by atoms with Gasteiger partial charge in [0, 0.05) is 30.5 Å². The van der Waals surface area contributed by atoms with Crippen molar-refractivity contribution in [2.24, 2.45) is 5.73 Å². The average molecular weight is 251 g/mol. The molecule has 3 aromatic rings. The van der Waals surface area contributed by atoms with Crippen molar-refractivity contribution in [3.63, 3.8) is 0 Å². The first-order valence-electron chi connectivity index (χ1n) is 6.54. The van der Waals surface area contributed by atoms with Crippen molar-refractivity contribution >= 4 is 10.9 Å². The Bertz CT molecular complexity index is 680. The third-order valence-corrected chi connectivity index (χ3v) is 3.31. The van der Waals surface area contributed by atoms with Gasteiger partial charge in [-0.3, -0.25) is 4.98 Å². The molecule has 19 heavy (non-hydrogen) atoms. The lowest BCUT2D eigenvalue weighted by Crippen LogP contribution is -2.02. The van der Waals surface area contributed by atoms with E-state index in [1.165, 1.54) is 16.5 Å². The maximum Gasteiger partial charge on any atom is 0.0751 e. The molecular formula is C16H17N3. The van der Waals surface area contributed by atoms with Crippen LogP contribution < -0.4 is 5.73 Å². The first kappa shape index (κ1) is 11.9. The fraction of sp³-hybridized carbons (Fsp3) is 0.188. The Balaban J connectivity index is 1.92. The molecule has 0 atom stereocenters. The smallest absolute Gasteiger partial charge is 0.0751 e. The van der Waals surface area contributed by atoms with E-state index in [4.69, 9.17) is 5.73 Å². The number of hydrogen-bond donors (Lipinski definition) is 1. The van der Waals surface area contributed by atoms with Gasteiger partial charge in [0.2, 0.25) is 0 Å². The summed E-state index contributed by atoms with van der Waals surface area (Å²) >= 11 is 0. The Hall–Kier alpha value is -2.13. The minimum atomic E-state index is 0.694. The zero-order valence-corrected chi connectivity index (χ0v) is 10.8. The summed E-state index contributed by atoms with van der Waals surface area (Å²) in [7, 11) is 0. The Morgan fingerprint density at radius 1 is 1.11 bits per heavy atom. The number of benzene rings is 1. The molecule has 3 nitrogen and oxygen atoms in total. The highest BCUT2D eigenvalue weighted by molar-refractivity contribution is 5.81. The summed E-state index contributed by atoms with van der Waals surface area (Å²) in [6.07, 6.45) is 7.05. The number of rotatable bonds is 4. The molecule has 0 radical (unpaired) electrons. The Kier molecular flexibility index (Phi) is 3.29. The van der Waals surface area contributed by atoms with Crippen LogP contribution in [0.3, 0.4) is 0 Å². The van der Waals surface area contributed by atoms with Crippen LogP contribution >= 0.6 is 0 Å². The molecule has 0 spiro atoms. The molecular weight excluding hydrogens is 234 g/mol. The van der Waals surface area contributed by atoms with E-state index in [1.807, 2.05) is 12.3 Å². The van der Waals surface area contributed by atoms with Crippen LogP contribution in [-0.4, -0.2) is 16.1 Å². The second-order valence-corrected chi connectivity index (χ2v) is 4.72. The molecule has 0 aliphatic rings. The minimum Gasteiger partial charge on any atom is -0.350 e. The first-order chi connectivity index (χ1) is 9.36. The van der Waals surface area contributed by atoms with E-state index in [0.717, 1.165) is 18.5 Å². The van der Waals surface area contributed by atoms with Crippen molar-refractivity contribution in [1.29, 1.82) is 0 Å². The first-order valence-corrected chi connectivity index (χ1v) is 6.54. The second kappa shape index (κ2) is 5.24. The highest BCUT2D eigenvalue weighted by Crippen LogP contribution is 2.17. The van der Waals surface area contributed by atoms with Crippen molar-refractivity contribution < 1.29 is 0 Å². The maximum atomic E-state index is 5.58. The zero-order chi connectivity index (χ0) is 13.1. The predicted molar refractivity (Wildman–Crippen MR) is 78.0 cm³/mol. The van der Waals surface area contributed by atoms with Gasteiger partial charge in [0.1, 0.15) is 0 Å². The molecule has 0 aliphatic heterocycles. The summed E-state index contributed by atoms with van der Waals surface area (Å²) in [5.41, 5.74) is 9.19. The largest absolute Gasteiger partial charge is 0.350 e. The number of nitrogens with zero attached hydrogens (tertiary/aromatic N) is 2. The van der Waals surface area contributed by atoms with Crippen LogP contribution in [0, 0.1) is 0 Å². The van der Waals surface area contributed by atoms with Crippen molar-refractivity contribution in [3.8, 4) is 0 Å². The quantitative estimate of drug-likeness (QED) is 0.774. The fourth-order valence-corrected chi connectivity index (χ4v) is 2.40. The monoisotopic (exact) mass is 251 g/mol. The molecule has 2 heterocycles. The van der Waals surface area contributed by atoms with E-state index < -0.39 is 0 Å². The van der Waals surface area contributed by atoms with E-state index in [-0.39, 0.29) is 0 Å². The van der Waals surface area contributed by atoms with Crippen molar-refractivity contribution in [2.45, 2.75) is 13.0 Å². The lowest BCUT2D eigenvalue weighted by molar-refractivity contribution is 0.804. The lowest BCUT2D eigenvalue weighted by atomic mass is 10.1. The molecule has 0 saturated heterocycles. The Morgan fingerprint density at radius 3 is 2.89 bits per heavy atom. The van der Waals surface area contributed by atoms with Crippen LogP contribution in [0.25, 0.3) is 10.9 Å². The number of aromatic nitrogens is 2. The van der Waals surface area contributed by atoms with E-state index in [1.54, 1.807) is 0 Å². The van der Waals surface area contributed by atoms with Gasteiger partial charge >= 0.3 is 0 Å². The Labute approximate surface area is 112 Å². The normalized spacial score (nSPS) is 11.0. The predicted octanol–water partition coefficient (Wildman–Crippen LogP) is 2.59. The van der Waals surface area contributed by atoms with Gasteiger partial charge in [0.25, 0.3) is 0 Å². The molecule has 2 N–H and O–H groups in total. The molecule has 0 fully saturated rings. The summed E-state index contributed by atoms with van der Waals surface area (Å²) in [4.78, 5) is 4.49. The number of para-hydroxylation sites is 1. The van der Waals surface area contributed by atoms with Crippen LogP contribution in [0.2, 0.25) is 0 Å². The number of hydrogen-bond acceptors (Lipinski definition) is 2. The van der Waals surface area contributed by atoms with Gasteiger partial charge in [-0.25, -0.2) is 0 Å². The van der Waals surface area contributed by atoms with Gasteiger partial charge in [-0.05, 0) is 36.2 Å². The lowest BCUT2D eigenvalue weighted by Gasteiger charge is -2.06. The van der Waals surface area contributed by atoms with E-state index >= 15 is 0 Å². The number of pyridine rings is 1. The molecule has 96 valence electrons. The van der Waals surface area contributed by atoms with Crippen molar-refractivity contribution in [2.75, 3.05) is 6.54 Å². The SMILES string of the molecule is NCCc1ccn(Cc2cccc3cccnc23)c1. The molecule has 0 bridgehead atoms. The average Bonchev–Trinajstić information content (AvgIpc) is 2.87. The van der Waals surface area contributed by atoms with Crippen LogP contribution in [-0.2, 0) is 13.0 Å². The summed E-state index contributed by atoms with van der Waals surface area (Å²) in [5, 5.41) is 1.19. The van der Waals surface area contributed by atoms with Crippen LogP contribution in [0.5, 0.6) is 0 Å². The Morgan fingerprint density at radius 2 is 2.00 bits per heavy atom. The van der Waals surface area contributed by atoms with Gasteiger partial charge in [0.05, 0.1) is 5.52 Å². The van der Waals surface area contributed by atoms with Gasteiger partial charge in [-0.15, -0.1) is 0 Å². The molecule has 0 aliphatic carbocycles. The second-order valence-electron chi connectivity index (χ2n) is 4.72. The topological polar surface area (TPSA) is 43.8 Å². The molecule has 0 amide bonds. The molecule has 0 saturated carbocycles. The minimum absolute atomic E-state index is 0.694. The molecule has 3 rings (SSSR count). The molecule has 0 unspecified atom stereocenters. The van der Waals surface area contributed by atoms with Crippen molar-refractivity contribution in [1.82, 2.24) is 9.55 Å². The third-order valence-electron chi connectivity index (χ3n) is 3.31. The van der Waals surface area contributed by atoms with Crippen LogP contribution in [0.15, 0.2) is 55.0 Å². The molecule has 2 aromatic heterocycles. The number of fused-ring (bicyclic) bond motifs is 1. The zero-order valence-electron chi connectivity index (χ0n) is 10.8. The van der Waals surface area contributed by atoms with Gasteiger partial charge < -0.3 is 10.3 Å². The summed E-state index contributed by atoms with van der Waals surface area (Å²) in [6.45, 7) is 1.54. The van der Waals surface area contributed by atoms with Gasteiger partial charge in [-0.1, -0.05) is 24.3 Å². The number of nitrogens with two attached hydrogens (primary N) is 1. The standard InChI is InChI=1S/C16H17N3/c17-8-6-13-7-10-19(11-13)12-15-4-1-3-14-5-2-9-18-16(14)15/h1-5,7,9-11H,6,8,12,17H2. The third kappa shape index (κ3) is 2.51. The van der Waals surface area contributed by atoms with Gasteiger partial charge in [0.15, 0.2) is 0 Å². The molecule has 3 heteroatoms. The summed E-state index contributed by atoms with van der Waals surface area (Å²) in [6, 6.07) is 12.5. The summed E-state index contributed by atoms with van der Waals surface area (Å²) < 4.78 is 2.19. The van der Waals surface area contributed by atoms with Crippen LogP contribution in [0.4, 0.5) is 0 Å². The van der Waals surface area contributed by atoms with Gasteiger partial charge in [-0.2, -0.15) is 0 Å². The highest BCUT2D eigenvalue weighted by atomic mass is 14.9. The van der Waals surface area contributed by atoms with E-state index in [2.05, 4.69) is 52.3 Å². The maximum absolute atomic E-state index is 5.58.